The van der Waals surface area contributed by atoms with Gasteiger partial charge in [0.1, 0.15) is 6.73 Å². The highest BCUT2D eigenvalue weighted by Gasteiger charge is 2.13. The van der Waals surface area contributed by atoms with Gasteiger partial charge in [-0.05, 0) is 12.1 Å². The number of nitrogens with zero attached hydrogens (tertiary/aromatic N) is 3. The van der Waals surface area contributed by atoms with Gasteiger partial charge in [-0.1, -0.05) is 19.6 Å². The highest BCUT2D eigenvalue weighted by Crippen LogP contribution is 2.20. The van der Waals surface area contributed by atoms with Gasteiger partial charge >= 0.3 is 0 Å². The normalized spacial score (nSPS) is 11.9. The SMILES string of the molecule is C[Si](C)(C)CCOCn1cnc2ccc([N+](=O)[O-])cc21. The summed E-state index contributed by atoms with van der Waals surface area (Å²) < 4.78 is 7.45. The van der Waals surface area contributed by atoms with E-state index in [2.05, 4.69) is 24.6 Å². The van der Waals surface area contributed by atoms with Crippen LogP contribution in [0, 0.1) is 10.1 Å². The number of non-ortho nitro benzene ring substituents is 1. The minimum Gasteiger partial charge on any atom is -0.361 e. The van der Waals surface area contributed by atoms with E-state index in [-0.39, 0.29) is 5.69 Å². The third-order valence-corrected chi connectivity index (χ3v) is 4.75. The molecule has 0 radical (unpaired) electrons. The first-order valence-electron chi connectivity index (χ1n) is 6.54. The van der Waals surface area contributed by atoms with Crippen LogP contribution in [0.3, 0.4) is 0 Å². The summed E-state index contributed by atoms with van der Waals surface area (Å²) in [6, 6.07) is 5.75. The zero-order valence-electron chi connectivity index (χ0n) is 12.0. The van der Waals surface area contributed by atoms with Gasteiger partial charge in [0, 0.05) is 26.8 Å². The molecule has 108 valence electrons. The van der Waals surface area contributed by atoms with Crippen molar-refractivity contribution < 1.29 is 9.66 Å². The molecule has 0 aliphatic carbocycles. The average Bonchev–Trinajstić information content (AvgIpc) is 2.76. The number of fused-ring (bicyclic) bond motifs is 1. The molecule has 0 amide bonds. The highest BCUT2D eigenvalue weighted by atomic mass is 28.3. The van der Waals surface area contributed by atoms with E-state index >= 15 is 0 Å². The molecule has 0 N–H and O–H groups in total. The second kappa shape index (κ2) is 5.72. The van der Waals surface area contributed by atoms with Crippen molar-refractivity contribution in [3.8, 4) is 0 Å². The van der Waals surface area contributed by atoms with Crippen molar-refractivity contribution in [3.05, 3.63) is 34.6 Å². The summed E-state index contributed by atoms with van der Waals surface area (Å²) >= 11 is 0. The molecule has 2 aromatic rings. The van der Waals surface area contributed by atoms with Crippen molar-refractivity contribution in [1.29, 1.82) is 0 Å². The Balaban J connectivity index is 2.06. The molecule has 0 atom stereocenters. The molecular weight excluding hydrogens is 274 g/mol. The predicted molar refractivity (Wildman–Crippen MR) is 80.5 cm³/mol. The molecule has 0 bridgehead atoms. The number of imidazole rings is 1. The van der Waals surface area contributed by atoms with E-state index in [1.54, 1.807) is 17.0 Å². The van der Waals surface area contributed by atoms with Crippen molar-refractivity contribution in [2.24, 2.45) is 0 Å². The van der Waals surface area contributed by atoms with Gasteiger partial charge in [0.05, 0.1) is 22.3 Å². The highest BCUT2D eigenvalue weighted by molar-refractivity contribution is 6.76. The number of ether oxygens (including phenoxy) is 1. The maximum Gasteiger partial charge on any atom is 0.271 e. The average molecular weight is 293 g/mol. The van der Waals surface area contributed by atoms with Crippen LogP contribution in [-0.4, -0.2) is 29.2 Å². The van der Waals surface area contributed by atoms with Crippen molar-refractivity contribution >= 4 is 24.8 Å². The molecular formula is C13H19N3O3Si. The number of hydrogen-bond donors (Lipinski definition) is 0. The quantitative estimate of drug-likeness (QED) is 0.355. The van der Waals surface area contributed by atoms with Crippen molar-refractivity contribution in [3.63, 3.8) is 0 Å². The fraction of sp³-hybridized carbons (Fsp3) is 0.462. The van der Waals surface area contributed by atoms with Crippen LogP contribution in [0.5, 0.6) is 0 Å². The van der Waals surface area contributed by atoms with Gasteiger partial charge in [0.25, 0.3) is 5.69 Å². The summed E-state index contributed by atoms with van der Waals surface area (Å²) in [5, 5.41) is 10.8. The second-order valence-corrected chi connectivity index (χ2v) is 11.6. The Bertz CT molecular complexity index is 619. The lowest BCUT2D eigenvalue weighted by atomic mass is 10.3. The van der Waals surface area contributed by atoms with E-state index in [0.29, 0.717) is 13.3 Å². The number of rotatable bonds is 6. The van der Waals surface area contributed by atoms with Gasteiger partial charge in [-0.2, -0.15) is 0 Å². The van der Waals surface area contributed by atoms with Crippen LogP contribution in [0.15, 0.2) is 24.5 Å². The van der Waals surface area contributed by atoms with Crippen LogP contribution in [0.25, 0.3) is 11.0 Å². The molecule has 0 saturated carbocycles. The summed E-state index contributed by atoms with van der Waals surface area (Å²) in [7, 11) is -1.10. The molecule has 0 aliphatic heterocycles. The molecule has 1 aromatic heterocycles. The third-order valence-electron chi connectivity index (χ3n) is 3.04. The van der Waals surface area contributed by atoms with E-state index < -0.39 is 13.0 Å². The molecule has 1 aromatic carbocycles. The molecule has 0 spiro atoms. The lowest BCUT2D eigenvalue weighted by molar-refractivity contribution is -0.384. The van der Waals surface area contributed by atoms with Crippen LogP contribution < -0.4 is 0 Å². The Morgan fingerprint density at radius 3 is 2.80 bits per heavy atom. The zero-order valence-corrected chi connectivity index (χ0v) is 13.0. The zero-order chi connectivity index (χ0) is 14.8. The first kappa shape index (κ1) is 14.7. The summed E-state index contributed by atoms with van der Waals surface area (Å²) in [5.41, 5.74) is 1.54. The fourth-order valence-electron chi connectivity index (χ4n) is 1.80. The number of hydrogen-bond acceptors (Lipinski definition) is 4. The summed E-state index contributed by atoms with van der Waals surface area (Å²) in [6.45, 7) is 7.98. The molecule has 1 heterocycles. The Labute approximate surface area is 118 Å². The van der Waals surface area contributed by atoms with Crippen LogP contribution in [0.1, 0.15) is 0 Å². The van der Waals surface area contributed by atoms with E-state index in [9.17, 15) is 10.1 Å². The Morgan fingerprint density at radius 1 is 1.40 bits per heavy atom. The summed E-state index contributed by atoms with van der Waals surface area (Å²) in [4.78, 5) is 14.6. The van der Waals surface area contributed by atoms with Gasteiger partial charge in [0.15, 0.2) is 0 Å². The number of benzene rings is 1. The molecule has 6 nitrogen and oxygen atoms in total. The van der Waals surface area contributed by atoms with Gasteiger partial charge in [-0.15, -0.1) is 0 Å². The molecule has 0 fully saturated rings. The largest absolute Gasteiger partial charge is 0.361 e. The van der Waals surface area contributed by atoms with E-state index in [1.165, 1.54) is 12.1 Å². The van der Waals surface area contributed by atoms with E-state index in [4.69, 9.17) is 4.74 Å². The first-order chi connectivity index (χ1) is 9.37. The van der Waals surface area contributed by atoms with Crippen molar-refractivity contribution in [2.45, 2.75) is 32.4 Å². The second-order valence-electron chi connectivity index (χ2n) is 5.99. The van der Waals surface area contributed by atoms with Gasteiger partial charge in [0.2, 0.25) is 0 Å². The maximum absolute atomic E-state index is 10.8. The number of aromatic nitrogens is 2. The molecule has 0 unspecified atom stereocenters. The summed E-state index contributed by atoms with van der Waals surface area (Å²) in [6.07, 6.45) is 1.66. The van der Waals surface area contributed by atoms with Gasteiger partial charge in [-0.3, -0.25) is 10.1 Å². The predicted octanol–water partition coefficient (Wildman–Crippen LogP) is 3.26. The Morgan fingerprint density at radius 2 is 2.15 bits per heavy atom. The Kier molecular flexibility index (Phi) is 4.19. The van der Waals surface area contributed by atoms with Crippen LogP contribution in [0.4, 0.5) is 5.69 Å². The minimum atomic E-state index is -1.10. The number of nitro benzene ring substituents is 1. The van der Waals surface area contributed by atoms with E-state index in [1.807, 2.05) is 0 Å². The standard InChI is InChI=1S/C13H19N3O3Si/c1-20(2,3)7-6-19-10-15-9-14-12-5-4-11(16(17)18)8-13(12)15/h4-5,8-9H,6-7,10H2,1-3H3. The van der Waals surface area contributed by atoms with Crippen LogP contribution >= 0.6 is 0 Å². The van der Waals surface area contributed by atoms with E-state index in [0.717, 1.165) is 17.1 Å². The van der Waals surface area contributed by atoms with Crippen LogP contribution in [-0.2, 0) is 11.5 Å². The van der Waals surface area contributed by atoms with Gasteiger partial charge < -0.3 is 9.30 Å². The molecule has 20 heavy (non-hydrogen) atoms. The molecule has 7 heteroatoms. The lowest BCUT2D eigenvalue weighted by Gasteiger charge is -2.15. The van der Waals surface area contributed by atoms with Crippen LogP contribution in [0.2, 0.25) is 25.7 Å². The van der Waals surface area contributed by atoms with Gasteiger partial charge in [-0.25, -0.2) is 4.98 Å². The third kappa shape index (κ3) is 3.64. The Hall–Kier alpha value is -1.73. The fourth-order valence-corrected chi connectivity index (χ4v) is 2.56. The topological polar surface area (TPSA) is 70.2 Å². The first-order valence-corrected chi connectivity index (χ1v) is 10.2. The minimum absolute atomic E-state index is 0.0707. The monoisotopic (exact) mass is 293 g/mol. The molecule has 0 saturated heterocycles. The molecule has 0 aliphatic rings. The summed E-state index contributed by atoms with van der Waals surface area (Å²) in [5.74, 6) is 0. The molecule has 2 rings (SSSR count). The maximum atomic E-state index is 10.8. The smallest absolute Gasteiger partial charge is 0.271 e. The van der Waals surface area contributed by atoms with Crippen molar-refractivity contribution in [1.82, 2.24) is 9.55 Å². The van der Waals surface area contributed by atoms with Crippen molar-refractivity contribution in [2.75, 3.05) is 6.61 Å². The lowest BCUT2D eigenvalue weighted by Crippen LogP contribution is -2.21. The number of nitro groups is 1.